The molecule has 1 aromatic carbocycles. The van der Waals surface area contributed by atoms with E-state index in [9.17, 15) is 9.90 Å². The van der Waals surface area contributed by atoms with E-state index < -0.39 is 0 Å². The Morgan fingerprint density at radius 2 is 2.00 bits per heavy atom. The van der Waals surface area contributed by atoms with Crippen LogP contribution >= 0.6 is 0 Å². The van der Waals surface area contributed by atoms with Gasteiger partial charge in [-0.05, 0) is 37.8 Å². The number of unbranched alkanes of at least 4 members (excludes halogenated alkanes) is 2. The number of carbonyl (C=O) groups excluding carboxylic acids is 1. The van der Waals surface area contributed by atoms with Crippen molar-refractivity contribution in [1.82, 2.24) is 5.53 Å². The highest BCUT2D eigenvalue weighted by molar-refractivity contribution is 5.97. The van der Waals surface area contributed by atoms with Gasteiger partial charge in [0.2, 0.25) is 0 Å². The number of ether oxygens (including phenoxy) is 1. The maximum absolute atomic E-state index is 11.5. The van der Waals surface area contributed by atoms with Gasteiger partial charge in [-0.2, -0.15) is 5.10 Å². The molecule has 0 saturated heterocycles. The van der Waals surface area contributed by atoms with Crippen molar-refractivity contribution in [3.8, 4) is 11.5 Å². The molecule has 1 aromatic rings. The van der Waals surface area contributed by atoms with Crippen molar-refractivity contribution in [3.05, 3.63) is 23.3 Å². The molecular formula is C19H32N4O3. The van der Waals surface area contributed by atoms with Gasteiger partial charge in [0.15, 0.2) is 5.78 Å². The molecule has 0 saturated carbocycles. The van der Waals surface area contributed by atoms with Crippen molar-refractivity contribution in [3.63, 3.8) is 0 Å². The predicted molar refractivity (Wildman–Crippen MR) is 104 cm³/mol. The SMILES string of the molecule is CCc1cc(C(C)=O)c(O)cc1OCCCCCC(C)(C)/C(N)=N/NN. The quantitative estimate of drug-likeness (QED) is 0.120. The van der Waals surface area contributed by atoms with Crippen LogP contribution < -0.4 is 21.8 Å². The monoisotopic (exact) mass is 364 g/mol. The molecule has 7 heteroatoms. The van der Waals surface area contributed by atoms with Gasteiger partial charge in [-0.25, -0.2) is 11.4 Å². The normalized spacial score (nSPS) is 12.1. The number of nitrogens with two attached hydrogens (primary N) is 2. The zero-order valence-corrected chi connectivity index (χ0v) is 16.3. The van der Waals surface area contributed by atoms with Crippen LogP contribution in [0.3, 0.4) is 0 Å². The lowest BCUT2D eigenvalue weighted by atomic mass is 9.86. The summed E-state index contributed by atoms with van der Waals surface area (Å²) in [6.45, 7) is 8.06. The lowest BCUT2D eigenvalue weighted by Crippen LogP contribution is -2.35. The Morgan fingerprint density at radius 3 is 2.58 bits per heavy atom. The fourth-order valence-electron chi connectivity index (χ4n) is 2.68. The third-order valence-corrected chi connectivity index (χ3v) is 4.52. The number of hydrazone groups is 1. The van der Waals surface area contributed by atoms with Gasteiger partial charge in [0.1, 0.15) is 17.3 Å². The lowest BCUT2D eigenvalue weighted by Gasteiger charge is -2.23. The molecule has 1 rings (SSSR count). The van der Waals surface area contributed by atoms with Gasteiger partial charge in [-0.1, -0.05) is 33.6 Å². The first-order chi connectivity index (χ1) is 12.2. The van der Waals surface area contributed by atoms with Gasteiger partial charge in [0, 0.05) is 11.5 Å². The number of amidine groups is 1. The summed E-state index contributed by atoms with van der Waals surface area (Å²) in [6.07, 6.45) is 4.51. The molecule has 0 radical (unpaired) electrons. The molecule has 146 valence electrons. The average molecular weight is 364 g/mol. The van der Waals surface area contributed by atoms with Gasteiger partial charge < -0.3 is 15.6 Å². The molecule has 0 bridgehead atoms. The van der Waals surface area contributed by atoms with Crippen molar-refractivity contribution in [1.29, 1.82) is 0 Å². The van der Waals surface area contributed by atoms with Crippen molar-refractivity contribution in [2.24, 2.45) is 22.1 Å². The van der Waals surface area contributed by atoms with Crippen molar-refractivity contribution < 1.29 is 14.6 Å². The van der Waals surface area contributed by atoms with E-state index in [0.29, 0.717) is 23.8 Å². The number of ketones is 1. The first-order valence-electron chi connectivity index (χ1n) is 9.01. The average Bonchev–Trinajstić information content (AvgIpc) is 2.57. The van der Waals surface area contributed by atoms with Gasteiger partial charge in [-0.3, -0.25) is 4.79 Å². The maximum atomic E-state index is 11.5. The number of hydrazine groups is 1. The van der Waals surface area contributed by atoms with Crippen molar-refractivity contribution in [2.75, 3.05) is 6.61 Å². The van der Waals surface area contributed by atoms with E-state index in [4.69, 9.17) is 16.3 Å². The summed E-state index contributed by atoms with van der Waals surface area (Å²) in [5.74, 6) is 6.11. The van der Waals surface area contributed by atoms with Crippen LogP contribution in [-0.2, 0) is 6.42 Å². The zero-order valence-electron chi connectivity index (χ0n) is 16.3. The topological polar surface area (TPSA) is 123 Å². The summed E-state index contributed by atoms with van der Waals surface area (Å²) in [7, 11) is 0. The highest BCUT2D eigenvalue weighted by Gasteiger charge is 2.22. The molecule has 0 amide bonds. The summed E-state index contributed by atoms with van der Waals surface area (Å²) in [6, 6.07) is 3.25. The Bertz CT molecular complexity index is 642. The molecule has 0 aliphatic carbocycles. The summed E-state index contributed by atoms with van der Waals surface area (Å²) in [5.41, 5.74) is 9.17. The molecule has 0 atom stereocenters. The Balaban J connectivity index is 2.48. The molecule has 0 spiro atoms. The highest BCUT2D eigenvalue weighted by Crippen LogP contribution is 2.29. The summed E-state index contributed by atoms with van der Waals surface area (Å²) in [4.78, 5) is 11.5. The number of aryl methyl sites for hydroxylation is 1. The summed E-state index contributed by atoms with van der Waals surface area (Å²) in [5, 5.41) is 13.8. The van der Waals surface area contributed by atoms with Crippen LogP contribution in [0.25, 0.3) is 0 Å². The molecule has 7 nitrogen and oxygen atoms in total. The molecule has 0 aliphatic rings. The lowest BCUT2D eigenvalue weighted by molar-refractivity contribution is 0.101. The molecule has 0 aromatic heterocycles. The third kappa shape index (κ3) is 6.22. The van der Waals surface area contributed by atoms with E-state index in [1.165, 1.54) is 13.0 Å². The third-order valence-electron chi connectivity index (χ3n) is 4.52. The smallest absolute Gasteiger partial charge is 0.163 e. The second-order valence-corrected chi connectivity index (χ2v) is 7.06. The number of phenols is 1. The number of carbonyl (C=O) groups is 1. The number of nitrogens with zero attached hydrogens (tertiary/aromatic N) is 1. The largest absolute Gasteiger partial charge is 0.507 e. The number of benzene rings is 1. The zero-order chi connectivity index (χ0) is 19.7. The molecule has 0 fully saturated rings. The van der Waals surface area contributed by atoms with Crippen LogP contribution in [0.2, 0.25) is 0 Å². The van der Waals surface area contributed by atoms with Crippen LogP contribution in [0.1, 0.15) is 69.3 Å². The van der Waals surface area contributed by atoms with Gasteiger partial charge in [0.05, 0.1) is 12.2 Å². The number of rotatable bonds is 11. The molecule has 0 unspecified atom stereocenters. The van der Waals surface area contributed by atoms with Crippen LogP contribution in [0, 0.1) is 5.41 Å². The number of hydrogen-bond donors (Lipinski definition) is 4. The molecular weight excluding hydrogens is 332 g/mol. The van der Waals surface area contributed by atoms with E-state index in [-0.39, 0.29) is 16.9 Å². The Kier molecular flexibility index (Phi) is 8.38. The minimum atomic E-state index is -0.211. The summed E-state index contributed by atoms with van der Waals surface area (Å²) < 4.78 is 5.82. The fourth-order valence-corrected chi connectivity index (χ4v) is 2.68. The standard InChI is InChI=1S/C19H32N4O3/c1-5-14-11-15(13(2)24)16(25)12-17(14)26-10-8-6-7-9-19(3,4)18(20)22-23-21/h11-12,23,25H,5-10,21H2,1-4H3,(H2,20,22). The van der Waals surface area contributed by atoms with Gasteiger partial charge in [0.25, 0.3) is 0 Å². The van der Waals surface area contributed by atoms with E-state index >= 15 is 0 Å². The maximum Gasteiger partial charge on any atom is 0.163 e. The van der Waals surface area contributed by atoms with E-state index in [2.05, 4.69) is 10.6 Å². The van der Waals surface area contributed by atoms with Gasteiger partial charge >= 0.3 is 0 Å². The number of aromatic hydroxyl groups is 1. The Labute approximate surface area is 155 Å². The predicted octanol–water partition coefficient (Wildman–Crippen LogP) is 2.86. The Morgan fingerprint density at radius 1 is 1.31 bits per heavy atom. The minimum Gasteiger partial charge on any atom is -0.507 e. The highest BCUT2D eigenvalue weighted by atomic mass is 16.5. The second kappa shape index (κ2) is 10.0. The van der Waals surface area contributed by atoms with Gasteiger partial charge in [-0.15, -0.1) is 0 Å². The number of hydrogen-bond acceptors (Lipinski definition) is 6. The van der Waals surface area contributed by atoms with Crippen LogP contribution in [0.4, 0.5) is 0 Å². The van der Waals surface area contributed by atoms with Crippen LogP contribution in [0.15, 0.2) is 17.2 Å². The molecule has 26 heavy (non-hydrogen) atoms. The van der Waals surface area contributed by atoms with E-state index in [0.717, 1.165) is 37.7 Å². The van der Waals surface area contributed by atoms with E-state index in [1.54, 1.807) is 6.07 Å². The molecule has 6 N–H and O–H groups in total. The van der Waals surface area contributed by atoms with Crippen molar-refractivity contribution >= 4 is 11.6 Å². The molecule has 0 aliphatic heterocycles. The minimum absolute atomic E-state index is 0.0327. The fraction of sp³-hybridized carbons (Fsp3) is 0.579. The van der Waals surface area contributed by atoms with Crippen molar-refractivity contribution in [2.45, 2.75) is 59.8 Å². The van der Waals surface area contributed by atoms with E-state index in [1.807, 2.05) is 20.8 Å². The van der Waals surface area contributed by atoms with Crippen LogP contribution in [-0.4, -0.2) is 23.3 Å². The molecule has 0 heterocycles. The Hall–Kier alpha value is -2.28. The number of Topliss-reactive ketones (excluding diaryl/α,β-unsaturated/α-hetero) is 1. The number of nitrogens with one attached hydrogen (secondary N) is 1. The number of phenolic OH excluding ortho intramolecular Hbond substituents is 1. The van der Waals surface area contributed by atoms with Crippen LogP contribution in [0.5, 0.6) is 11.5 Å². The first kappa shape index (κ1) is 21.8. The first-order valence-corrected chi connectivity index (χ1v) is 9.01. The second-order valence-electron chi connectivity index (χ2n) is 7.06. The summed E-state index contributed by atoms with van der Waals surface area (Å²) >= 11 is 0.